The molecule has 198 valence electrons. The predicted octanol–water partition coefficient (Wildman–Crippen LogP) is 4.12. The van der Waals surface area contributed by atoms with Crippen molar-refractivity contribution in [1.82, 2.24) is 14.9 Å². The van der Waals surface area contributed by atoms with Gasteiger partial charge in [0.2, 0.25) is 0 Å². The molecule has 0 spiro atoms. The minimum Gasteiger partial charge on any atom is -0.389 e. The van der Waals surface area contributed by atoms with E-state index < -0.39 is 16.3 Å². The summed E-state index contributed by atoms with van der Waals surface area (Å²) in [5, 5.41) is 15.9. The minimum absolute atomic E-state index is 0.0197. The highest BCUT2D eigenvalue weighted by atomic mass is 32.2. The lowest BCUT2D eigenvalue weighted by Crippen LogP contribution is -2.16. The van der Waals surface area contributed by atoms with Crippen LogP contribution in [-0.4, -0.2) is 63.4 Å². The lowest BCUT2D eigenvalue weighted by Gasteiger charge is -2.07. The number of carbonyl (C=O) groups excluding carboxylic acids is 2. The van der Waals surface area contributed by atoms with Gasteiger partial charge in [-0.05, 0) is 38.7 Å². The number of carbonyl (C=O) groups is 2. The number of thiazole rings is 2. The van der Waals surface area contributed by atoms with Crippen LogP contribution in [0.2, 0.25) is 0 Å². The van der Waals surface area contributed by atoms with Crippen LogP contribution in [0.25, 0.3) is 10.6 Å². The molecule has 0 aliphatic carbocycles. The van der Waals surface area contributed by atoms with E-state index in [1.165, 1.54) is 30.4 Å². The standard InChI is InChI=1S/C11H16N4OS2.C9H7F3O2S.C2H4O/c1-12-11-14-8(6-17-11)10-7(4-15(2)3)13-9(5-16)18-10;10-9(11,12)15(14)8-3-1-7(2-4-8)5-6-13;1-2-3/h6,16H,4-5H2,1-3H3,(H,12,14);1-4,6H,5H2;2H,1H3. The van der Waals surface area contributed by atoms with Gasteiger partial charge in [-0.1, -0.05) is 12.1 Å². The molecular formula is C22H27F3N4O4S3. The number of anilines is 1. The maximum Gasteiger partial charge on any atom is 0.475 e. The summed E-state index contributed by atoms with van der Waals surface area (Å²) in [5.41, 5.74) is -2.25. The Bertz CT molecular complexity index is 1120. The molecule has 0 amide bonds. The predicted molar refractivity (Wildman–Crippen MR) is 136 cm³/mol. The first kappa shape index (κ1) is 31.5. The molecule has 0 aliphatic heterocycles. The summed E-state index contributed by atoms with van der Waals surface area (Å²) in [6.07, 6.45) is 1.54. The third kappa shape index (κ3) is 10.2. The van der Waals surface area contributed by atoms with Crippen molar-refractivity contribution in [2.24, 2.45) is 0 Å². The maximum atomic E-state index is 12.0. The zero-order chi connectivity index (χ0) is 27.3. The number of halogens is 3. The van der Waals surface area contributed by atoms with Crippen molar-refractivity contribution in [2.45, 2.75) is 36.9 Å². The third-order valence-corrected chi connectivity index (χ3v) is 7.05. The summed E-state index contributed by atoms with van der Waals surface area (Å²) in [7, 11) is 2.86. The fraction of sp³-hybridized carbons (Fsp3) is 0.364. The molecule has 1 aromatic carbocycles. The van der Waals surface area contributed by atoms with Crippen LogP contribution < -0.4 is 5.32 Å². The summed E-state index contributed by atoms with van der Waals surface area (Å²) in [4.78, 5) is 30.7. The van der Waals surface area contributed by atoms with E-state index in [0.717, 1.165) is 51.4 Å². The average molecular weight is 565 g/mol. The van der Waals surface area contributed by atoms with Crippen molar-refractivity contribution in [3.63, 3.8) is 0 Å². The number of aliphatic hydroxyl groups is 1. The summed E-state index contributed by atoms with van der Waals surface area (Å²) < 4.78 is 46.9. The molecule has 3 aromatic rings. The molecular weight excluding hydrogens is 537 g/mol. The van der Waals surface area contributed by atoms with E-state index in [9.17, 15) is 27.3 Å². The summed E-state index contributed by atoms with van der Waals surface area (Å²) in [5.74, 6) is 0. The Balaban J connectivity index is 0.000000329. The SMILES string of the molecule is CC=O.CNc1nc(-c2sc(CO)nc2CN(C)C)cs1.O=CCc1ccc(S(=O)C(F)(F)F)cc1. The molecule has 3 rings (SSSR count). The molecule has 0 saturated carbocycles. The van der Waals surface area contributed by atoms with Gasteiger partial charge in [0.15, 0.2) is 15.9 Å². The number of benzene rings is 1. The molecule has 0 bridgehead atoms. The first-order chi connectivity index (χ1) is 17.0. The fourth-order valence-electron chi connectivity index (χ4n) is 2.55. The zero-order valence-electron chi connectivity index (χ0n) is 20.0. The van der Waals surface area contributed by atoms with E-state index in [2.05, 4.69) is 20.2 Å². The van der Waals surface area contributed by atoms with Gasteiger partial charge in [0.25, 0.3) is 0 Å². The van der Waals surface area contributed by atoms with E-state index in [1.807, 2.05) is 26.5 Å². The number of aromatic nitrogens is 2. The quantitative estimate of drug-likeness (QED) is 0.393. The molecule has 8 nitrogen and oxygen atoms in total. The highest BCUT2D eigenvalue weighted by molar-refractivity contribution is 7.86. The monoisotopic (exact) mass is 564 g/mol. The van der Waals surface area contributed by atoms with Gasteiger partial charge in [0.1, 0.15) is 17.6 Å². The second-order valence-corrected chi connectivity index (χ2v) is 10.4. The highest BCUT2D eigenvalue weighted by Gasteiger charge is 2.37. The molecule has 2 heterocycles. The molecule has 2 N–H and O–H groups in total. The number of hydrogen-bond acceptors (Lipinski definition) is 10. The van der Waals surface area contributed by atoms with Crippen molar-refractivity contribution in [1.29, 1.82) is 0 Å². The van der Waals surface area contributed by atoms with Crippen LogP contribution in [-0.2, 0) is 40.0 Å². The van der Waals surface area contributed by atoms with Crippen LogP contribution in [0.5, 0.6) is 0 Å². The first-order valence-electron chi connectivity index (χ1n) is 10.3. The highest BCUT2D eigenvalue weighted by Crippen LogP contribution is 2.33. The van der Waals surface area contributed by atoms with Gasteiger partial charge >= 0.3 is 5.51 Å². The van der Waals surface area contributed by atoms with Gasteiger partial charge in [-0.25, -0.2) is 14.2 Å². The van der Waals surface area contributed by atoms with Crippen LogP contribution >= 0.6 is 22.7 Å². The molecule has 1 unspecified atom stereocenters. The zero-order valence-corrected chi connectivity index (χ0v) is 22.5. The van der Waals surface area contributed by atoms with E-state index in [-0.39, 0.29) is 17.9 Å². The van der Waals surface area contributed by atoms with E-state index >= 15 is 0 Å². The van der Waals surface area contributed by atoms with Crippen molar-refractivity contribution < 1.29 is 32.1 Å². The van der Waals surface area contributed by atoms with Crippen LogP contribution in [0.4, 0.5) is 18.3 Å². The van der Waals surface area contributed by atoms with Crippen molar-refractivity contribution in [3.8, 4) is 10.6 Å². The van der Waals surface area contributed by atoms with Gasteiger partial charge in [0, 0.05) is 30.3 Å². The van der Waals surface area contributed by atoms with Crippen molar-refractivity contribution in [2.75, 3.05) is 26.5 Å². The Morgan fingerprint density at radius 1 is 1.17 bits per heavy atom. The van der Waals surface area contributed by atoms with Crippen molar-refractivity contribution >= 4 is 51.2 Å². The Labute approximate surface area is 217 Å². The molecule has 1 atom stereocenters. The Hall–Kier alpha value is -2.52. The van der Waals surface area contributed by atoms with E-state index in [0.29, 0.717) is 11.8 Å². The Kier molecular flexibility index (Phi) is 13.6. The lowest BCUT2D eigenvalue weighted by molar-refractivity contribution is -0.107. The first-order valence-corrected chi connectivity index (χ1v) is 13.1. The minimum atomic E-state index is -4.74. The molecule has 36 heavy (non-hydrogen) atoms. The maximum absolute atomic E-state index is 12.0. The number of aldehydes is 2. The lowest BCUT2D eigenvalue weighted by atomic mass is 10.2. The van der Waals surface area contributed by atoms with Gasteiger partial charge in [-0.15, -0.1) is 22.7 Å². The number of hydrogen-bond donors (Lipinski definition) is 2. The number of nitrogens with zero attached hydrogens (tertiary/aromatic N) is 3. The molecule has 0 fully saturated rings. The van der Waals surface area contributed by atoms with Gasteiger partial charge in [-0.2, -0.15) is 13.2 Å². The van der Waals surface area contributed by atoms with Crippen molar-refractivity contribution in [3.05, 3.63) is 45.9 Å². The fourth-order valence-corrected chi connectivity index (χ4v) is 4.83. The van der Waals surface area contributed by atoms with Crippen LogP contribution in [0.3, 0.4) is 0 Å². The van der Waals surface area contributed by atoms with Gasteiger partial charge < -0.3 is 24.9 Å². The Morgan fingerprint density at radius 2 is 1.78 bits per heavy atom. The summed E-state index contributed by atoms with van der Waals surface area (Å²) in [6, 6.07) is 4.94. The summed E-state index contributed by atoms with van der Waals surface area (Å²) in [6.45, 7) is 2.17. The second kappa shape index (κ2) is 15.6. The number of aliphatic hydroxyl groups excluding tert-OH is 1. The molecule has 2 aromatic heterocycles. The van der Waals surface area contributed by atoms with Crippen LogP contribution in [0, 0.1) is 0 Å². The van der Waals surface area contributed by atoms with Crippen LogP contribution in [0.15, 0.2) is 34.5 Å². The van der Waals surface area contributed by atoms with E-state index in [4.69, 9.17) is 4.79 Å². The average Bonchev–Trinajstić information content (AvgIpc) is 3.46. The molecule has 0 radical (unpaired) electrons. The number of alkyl halides is 3. The molecule has 0 saturated heterocycles. The summed E-state index contributed by atoms with van der Waals surface area (Å²) >= 11 is 3.08. The molecule has 0 aliphatic rings. The largest absolute Gasteiger partial charge is 0.475 e. The van der Waals surface area contributed by atoms with Crippen LogP contribution in [0.1, 0.15) is 23.2 Å². The second-order valence-electron chi connectivity index (χ2n) is 7.03. The number of rotatable bonds is 8. The van der Waals surface area contributed by atoms with Gasteiger partial charge in [0.05, 0.1) is 22.9 Å². The Morgan fingerprint density at radius 3 is 2.22 bits per heavy atom. The third-order valence-electron chi connectivity index (χ3n) is 3.96. The van der Waals surface area contributed by atoms with E-state index in [1.54, 1.807) is 11.3 Å². The smallest absolute Gasteiger partial charge is 0.389 e. The normalized spacial score (nSPS) is 11.6. The number of nitrogens with one attached hydrogen (secondary N) is 1. The molecule has 14 heteroatoms. The topological polar surface area (TPSA) is 112 Å². The van der Waals surface area contributed by atoms with Gasteiger partial charge in [-0.3, -0.25) is 0 Å².